The minimum Gasteiger partial charge on any atom is -0.741 e. The summed E-state index contributed by atoms with van der Waals surface area (Å²) in [7, 11) is -4.13. The third kappa shape index (κ3) is 4.70. The summed E-state index contributed by atoms with van der Waals surface area (Å²) >= 11 is 0. The molecule has 0 radical (unpaired) electrons. The largest absolute Gasteiger partial charge is 0.741 e. The molecule has 5 nitrogen and oxygen atoms in total. The van der Waals surface area contributed by atoms with Crippen LogP contribution >= 0.6 is 0 Å². The fourth-order valence-corrected chi connectivity index (χ4v) is 2.04. The number of rotatable bonds is 0. The Balaban J connectivity index is 0.000000261. The van der Waals surface area contributed by atoms with E-state index in [0.29, 0.717) is 0 Å². The van der Waals surface area contributed by atoms with Crippen LogP contribution in [0.4, 0.5) is 13.2 Å². The van der Waals surface area contributed by atoms with Crippen LogP contribution in [-0.2, 0) is 16.5 Å². The highest BCUT2D eigenvalue weighted by Gasteiger charge is 2.37. The normalized spacial score (nSPS) is 18.8. The second-order valence-electron chi connectivity index (χ2n) is 5.37. The van der Waals surface area contributed by atoms with Crippen LogP contribution in [0.3, 0.4) is 0 Å². The Hall–Kier alpha value is -1.61. The molecule has 0 aliphatic carbocycles. The van der Waals surface area contributed by atoms with Crippen LogP contribution in [0, 0.1) is 0 Å². The van der Waals surface area contributed by atoms with Crippen LogP contribution < -0.4 is 10.3 Å². The Bertz CT molecular complexity index is 667. The first-order valence-corrected chi connectivity index (χ1v) is 7.71. The second-order valence-corrected chi connectivity index (χ2v) is 6.74. The SMILES string of the molecule is C[NH+]=C1NC(C)(C)Cc2ccccc21.O=S(=O)([O-])C(F)(F)F. The van der Waals surface area contributed by atoms with Gasteiger partial charge in [-0.25, -0.2) is 8.42 Å². The van der Waals surface area contributed by atoms with Crippen molar-refractivity contribution in [3.8, 4) is 0 Å². The monoisotopic (exact) mass is 338 g/mol. The second kappa shape index (κ2) is 6.25. The molecule has 2 N–H and O–H groups in total. The minimum atomic E-state index is -6.09. The zero-order valence-electron chi connectivity index (χ0n) is 12.3. The quantitative estimate of drug-likeness (QED) is 0.520. The zero-order valence-corrected chi connectivity index (χ0v) is 13.1. The number of benzene rings is 1. The summed E-state index contributed by atoms with van der Waals surface area (Å²) in [6.45, 7) is 4.44. The molecular formula is C13H17F3N2O3S. The predicted octanol–water partition coefficient (Wildman–Crippen LogP) is 0.119. The third-order valence-corrected chi connectivity index (χ3v) is 3.48. The van der Waals surface area contributed by atoms with Crippen molar-refractivity contribution in [3.63, 3.8) is 0 Å². The van der Waals surface area contributed by atoms with E-state index in [9.17, 15) is 13.2 Å². The van der Waals surface area contributed by atoms with Gasteiger partial charge in [-0.15, -0.1) is 0 Å². The summed E-state index contributed by atoms with van der Waals surface area (Å²) in [4.78, 5) is 3.22. The molecule has 0 amide bonds. The van der Waals surface area contributed by atoms with E-state index in [4.69, 9.17) is 13.0 Å². The minimum absolute atomic E-state index is 0.146. The third-order valence-electron chi connectivity index (χ3n) is 2.92. The molecule has 2 rings (SSSR count). The van der Waals surface area contributed by atoms with Gasteiger partial charge in [0.2, 0.25) is 0 Å². The summed E-state index contributed by atoms with van der Waals surface area (Å²) in [5.74, 6) is 1.14. The van der Waals surface area contributed by atoms with Gasteiger partial charge in [0.1, 0.15) is 5.54 Å². The number of hydrogen-bond donors (Lipinski definition) is 2. The fraction of sp³-hybridized carbons (Fsp3) is 0.462. The Morgan fingerprint density at radius 3 is 2.23 bits per heavy atom. The van der Waals surface area contributed by atoms with Crippen LogP contribution in [0.1, 0.15) is 25.0 Å². The molecule has 0 unspecified atom stereocenters. The maximum Gasteiger partial charge on any atom is 0.485 e. The number of nitrogens with one attached hydrogen (secondary N) is 2. The molecule has 9 heteroatoms. The zero-order chi connectivity index (χ0) is 17.2. The molecule has 22 heavy (non-hydrogen) atoms. The van der Waals surface area contributed by atoms with Gasteiger partial charge in [0.25, 0.3) is 5.84 Å². The molecule has 1 aromatic rings. The summed E-state index contributed by atoms with van der Waals surface area (Å²) in [6, 6.07) is 8.54. The maximum absolute atomic E-state index is 10.7. The van der Waals surface area contributed by atoms with Crippen LogP contribution in [0.15, 0.2) is 24.3 Å². The molecular weight excluding hydrogens is 321 g/mol. The average Bonchev–Trinajstić information content (AvgIpc) is 2.35. The highest BCUT2D eigenvalue weighted by Crippen LogP contribution is 2.21. The van der Waals surface area contributed by atoms with E-state index >= 15 is 0 Å². The molecule has 0 saturated carbocycles. The van der Waals surface area contributed by atoms with Crippen molar-refractivity contribution in [2.24, 2.45) is 0 Å². The van der Waals surface area contributed by atoms with Gasteiger partial charge in [0, 0.05) is 6.42 Å². The van der Waals surface area contributed by atoms with Crippen molar-refractivity contribution in [2.75, 3.05) is 7.05 Å². The molecule has 1 heterocycles. The molecule has 124 valence electrons. The lowest BCUT2D eigenvalue weighted by atomic mass is 9.87. The molecule has 1 aliphatic heterocycles. The summed E-state index contributed by atoms with van der Waals surface area (Å²) in [6.07, 6.45) is 1.08. The molecule has 0 atom stereocenters. The van der Waals surface area contributed by atoms with Crippen molar-refractivity contribution in [1.82, 2.24) is 5.32 Å². The number of halogens is 3. The first kappa shape index (κ1) is 18.4. The van der Waals surface area contributed by atoms with E-state index in [1.165, 1.54) is 11.1 Å². The van der Waals surface area contributed by atoms with Gasteiger partial charge >= 0.3 is 5.51 Å². The van der Waals surface area contributed by atoms with E-state index in [-0.39, 0.29) is 5.54 Å². The Labute approximate surface area is 127 Å². The van der Waals surface area contributed by atoms with Gasteiger partial charge in [0.15, 0.2) is 10.1 Å². The highest BCUT2D eigenvalue weighted by molar-refractivity contribution is 7.86. The number of amidine groups is 1. The summed E-state index contributed by atoms with van der Waals surface area (Å²) in [5.41, 5.74) is -2.78. The van der Waals surface area contributed by atoms with E-state index < -0.39 is 15.6 Å². The van der Waals surface area contributed by atoms with Crippen LogP contribution in [0.2, 0.25) is 0 Å². The Morgan fingerprint density at radius 1 is 1.27 bits per heavy atom. The first-order valence-electron chi connectivity index (χ1n) is 6.31. The molecule has 0 fully saturated rings. The standard InChI is InChI=1S/C12H16N2.CHF3O3S/c1-12(2)8-9-6-4-5-7-10(9)11(13-3)14-12;2-1(3,4)8(5,6)7/h4-7H,8H2,1-3H3,(H,13,14);(H,5,6,7). The number of fused-ring (bicyclic) bond motifs is 1. The van der Waals surface area contributed by atoms with Gasteiger partial charge in [0.05, 0.1) is 12.6 Å². The lowest BCUT2D eigenvalue weighted by Crippen LogP contribution is -2.75. The lowest BCUT2D eigenvalue weighted by molar-refractivity contribution is -0.422. The first-order chi connectivity index (χ1) is 9.87. The van der Waals surface area contributed by atoms with Crippen LogP contribution in [0.5, 0.6) is 0 Å². The Morgan fingerprint density at radius 2 is 1.77 bits per heavy atom. The van der Waals surface area contributed by atoms with E-state index in [2.05, 4.69) is 48.4 Å². The van der Waals surface area contributed by atoms with Gasteiger partial charge in [-0.1, -0.05) is 18.2 Å². The van der Waals surface area contributed by atoms with Gasteiger partial charge in [-0.05, 0) is 25.5 Å². The average molecular weight is 338 g/mol. The molecule has 0 spiro atoms. The number of hydrogen-bond acceptors (Lipinski definition) is 3. The van der Waals surface area contributed by atoms with Crippen LogP contribution in [0.25, 0.3) is 0 Å². The van der Waals surface area contributed by atoms with Crippen molar-refractivity contribution in [2.45, 2.75) is 31.3 Å². The van der Waals surface area contributed by atoms with Crippen molar-refractivity contribution in [1.29, 1.82) is 0 Å². The fourth-order valence-electron chi connectivity index (χ4n) is 2.04. The van der Waals surface area contributed by atoms with Crippen molar-refractivity contribution in [3.05, 3.63) is 35.4 Å². The Kier molecular flexibility index (Phi) is 5.24. The highest BCUT2D eigenvalue weighted by atomic mass is 32.2. The molecule has 0 bridgehead atoms. The molecule has 0 saturated heterocycles. The molecule has 1 aliphatic rings. The van der Waals surface area contributed by atoms with Gasteiger partial charge in [-0.3, -0.25) is 10.3 Å². The van der Waals surface area contributed by atoms with Crippen molar-refractivity contribution >= 4 is 16.0 Å². The summed E-state index contributed by atoms with van der Waals surface area (Å²) in [5, 5.41) is 3.50. The summed E-state index contributed by atoms with van der Waals surface area (Å²) < 4.78 is 58.9. The topological polar surface area (TPSA) is 83.2 Å². The van der Waals surface area contributed by atoms with Crippen LogP contribution in [-0.4, -0.2) is 36.9 Å². The maximum atomic E-state index is 10.7. The molecule has 0 aromatic heterocycles. The predicted molar refractivity (Wildman–Crippen MR) is 74.1 cm³/mol. The van der Waals surface area contributed by atoms with E-state index in [1.54, 1.807) is 0 Å². The van der Waals surface area contributed by atoms with Gasteiger partial charge in [-0.2, -0.15) is 13.2 Å². The van der Waals surface area contributed by atoms with E-state index in [1.807, 2.05) is 7.05 Å². The number of alkyl halides is 3. The molecule has 1 aromatic carbocycles. The lowest BCUT2D eigenvalue weighted by Gasteiger charge is -2.28. The smallest absolute Gasteiger partial charge is 0.485 e. The van der Waals surface area contributed by atoms with Gasteiger partial charge < -0.3 is 4.55 Å². The van der Waals surface area contributed by atoms with Crippen molar-refractivity contribution < 1.29 is 31.1 Å². The van der Waals surface area contributed by atoms with E-state index in [0.717, 1.165) is 12.3 Å².